The lowest BCUT2D eigenvalue weighted by Crippen LogP contribution is -2.43. The number of hydrogen-bond donors (Lipinski definition) is 2. The van der Waals surface area contributed by atoms with Crippen LogP contribution in [0.2, 0.25) is 0 Å². The molecule has 2 aromatic carbocycles. The van der Waals surface area contributed by atoms with Crippen molar-refractivity contribution in [2.45, 2.75) is 31.5 Å². The van der Waals surface area contributed by atoms with E-state index >= 15 is 0 Å². The van der Waals surface area contributed by atoms with Crippen molar-refractivity contribution in [2.24, 2.45) is 0 Å². The first-order chi connectivity index (χ1) is 14.0. The van der Waals surface area contributed by atoms with Crippen molar-refractivity contribution in [3.8, 4) is 5.69 Å². The maximum atomic E-state index is 12.1. The number of rotatable bonds is 7. The maximum Gasteiger partial charge on any atom is 0.321 e. The number of para-hydroxylation sites is 1. The summed E-state index contributed by atoms with van der Waals surface area (Å²) in [6.07, 6.45) is 0.617. The van der Waals surface area contributed by atoms with Gasteiger partial charge in [-0.15, -0.1) is 10.2 Å². The number of aromatic nitrogens is 3. The highest BCUT2D eigenvalue weighted by atomic mass is 32.2. The molecule has 0 atom stereocenters. The van der Waals surface area contributed by atoms with Crippen molar-refractivity contribution >= 4 is 23.7 Å². The molecule has 0 saturated heterocycles. The van der Waals surface area contributed by atoms with E-state index in [0.717, 1.165) is 17.1 Å². The molecule has 0 fully saturated rings. The standard InChI is InChI=1S/C21H23N5O2S/c1-15(2)22-20(28)23-19(27)14-29-21-25-24-18(13-16-9-5-3-6-10-16)26(21)17-11-7-4-8-12-17/h3-12,15H,13-14H2,1-2H3,(H2,22,23,27,28). The second-order valence-electron chi connectivity index (χ2n) is 6.70. The molecule has 1 aromatic heterocycles. The van der Waals surface area contributed by atoms with Crippen LogP contribution in [0, 0.1) is 0 Å². The van der Waals surface area contributed by atoms with Gasteiger partial charge in [-0.1, -0.05) is 60.3 Å². The van der Waals surface area contributed by atoms with Crippen molar-refractivity contribution in [1.29, 1.82) is 0 Å². The normalized spacial score (nSPS) is 10.7. The Hall–Kier alpha value is -3.13. The van der Waals surface area contributed by atoms with Gasteiger partial charge in [-0.2, -0.15) is 0 Å². The molecule has 2 N–H and O–H groups in total. The Morgan fingerprint density at radius 3 is 2.31 bits per heavy atom. The van der Waals surface area contributed by atoms with Gasteiger partial charge in [0.25, 0.3) is 0 Å². The molecular formula is C21H23N5O2S. The van der Waals surface area contributed by atoms with Crippen LogP contribution >= 0.6 is 11.8 Å². The lowest BCUT2D eigenvalue weighted by Gasteiger charge is -2.11. The van der Waals surface area contributed by atoms with Gasteiger partial charge in [-0.25, -0.2) is 4.79 Å². The summed E-state index contributed by atoms with van der Waals surface area (Å²) in [6, 6.07) is 19.3. The first kappa shape index (κ1) is 20.6. The quantitative estimate of drug-likeness (QED) is 0.585. The van der Waals surface area contributed by atoms with Crippen LogP contribution in [0.3, 0.4) is 0 Å². The number of hydrogen-bond acceptors (Lipinski definition) is 5. The Labute approximate surface area is 173 Å². The molecule has 0 aliphatic heterocycles. The topological polar surface area (TPSA) is 88.9 Å². The number of thioether (sulfide) groups is 1. The highest BCUT2D eigenvalue weighted by Gasteiger charge is 2.17. The number of amides is 3. The van der Waals surface area contributed by atoms with E-state index in [-0.39, 0.29) is 17.7 Å². The highest BCUT2D eigenvalue weighted by molar-refractivity contribution is 7.99. The summed E-state index contributed by atoms with van der Waals surface area (Å²) in [7, 11) is 0. The van der Waals surface area contributed by atoms with Crippen LogP contribution in [-0.4, -0.2) is 38.5 Å². The summed E-state index contributed by atoms with van der Waals surface area (Å²) in [4.78, 5) is 23.8. The van der Waals surface area contributed by atoms with Gasteiger partial charge in [0, 0.05) is 18.2 Å². The summed E-state index contributed by atoms with van der Waals surface area (Å²) < 4.78 is 1.94. The van der Waals surface area contributed by atoms with Crippen LogP contribution < -0.4 is 10.6 Å². The zero-order valence-electron chi connectivity index (χ0n) is 16.3. The van der Waals surface area contributed by atoms with Gasteiger partial charge < -0.3 is 5.32 Å². The Kier molecular flexibility index (Phi) is 7.02. The number of nitrogens with one attached hydrogen (secondary N) is 2. The summed E-state index contributed by atoms with van der Waals surface area (Å²) in [6.45, 7) is 3.66. The zero-order valence-corrected chi connectivity index (χ0v) is 17.1. The molecule has 3 aromatic rings. The number of urea groups is 1. The molecule has 3 amide bonds. The van der Waals surface area contributed by atoms with Gasteiger partial charge in [-0.05, 0) is 31.5 Å². The fourth-order valence-corrected chi connectivity index (χ4v) is 3.49. The predicted molar refractivity (Wildman–Crippen MR) is 113 cm³/mol. The van der Waals surface area contributed by atoms with E-state index in [9.17, 15) is 9.59 Å². The van der Waals surface area contributed by atoms with Gasteiger partial charge in [0.05, 0.1) is 5.75 Å². The van der Waals surface area contributed by atoms with Gasteiger partial charge in [0.2, 0.25) is 5.91 Å². The van der Waals surface area contributed by atoms with Crippen LogP contribution in [0.25, 0.3) is 5.69 Å². The SMILES string of the molecule is CC(C)NC(=O)NC(=O)CSc1nnc(Cc2ccccc2)n1-c1ccccc1. The van der Waals surface area contributed by atoms with Crippen molar-refractivity contribution in [2.75, 3.05) is 5.75 Å². The van der Waals surface area contributed by atoms with Gasteiger partial charge >= 0.3 is 6.03 Å². The summed E-state index contributed by atoms with van der Waals surface area (Å²) >= 11 is 1.24. The molecule has 8 heteroatoms. The zero-order chi connectivity index (χ0) is 20.6. The molecule has 7 nitrogen and oxygen atoms in total. The van der Waals surface area contributed by atoms with E-state index in [2.05, 4.69) is 20.8 Å². The minimum atomic E-state index is -0.500. The maximum absolute atomic E-state index is 12.1. The van der Waals surface area contributed by atoms with Crippen LogP contribution in [0.5, 0.6) is 0 Å². The summed E-state index contributed by atoms with van der Waals surface area (Å²) in [5.41, 5.74) is 2.04. The van der Waals surface area contributed by atoms with Crippen LogP contribution in [0.4, 0.5) is 4.79 Å². The molecule has 1 heterocycles. The van der Waals surface area contributed by atoms with E-state index in [1.165, 1.54) is 11.8 Å². The van der Waals surface area contributed by atoms with Crippen LogP contribution in [-0.2, 0) is 11.2 Å². The summed E-state index contributed by atoms with van der Waals surface area (Å²) in [5.74, 6) is 0.449. The fraction of sp³-hybridized carbons (Fsp3) is 0.238. The Balaban J connectivity index is 1.76. The van der Waals surface area contributed by atoms with Crippen LogP contribution in [0.1, 0.15) is 25.2 Å². The molecule has 0 aliphatic rings. The first-order valence-corrected chi connectivity index (χ1v) is 10.3. The number of carbonyl (C=O) groups is 2. The number of imide groups is 1. The molecule has 3 rings (SSSR count). The average Bonchev–Trinajstić information content (AvgIpc) is 3.09. The molecule has 0 spiro atoms. The van der Waals surface area contributed by atoms with E-state index in [4.69, 9.17) is 0 Å². The van der Waals surface area contributed by atoms with Crippen molar-refractivity contribution in [3.63, 3.8) is 0 Å². The Morgan fingerprint density at radius 2 is 1.66 bits per heavy atom. The average molecular weight is 410 g/mol. The van der Waals surface area contributed by atoms with Gasteiger partial charge in [-0.3, -0.25) is 14.7 Å². The van der Waals surface area contributed by atoms with Crippen LogP contribution in [0.15, 0.2) is 65.8 Å². The second-order valence-corrected chi connectivity index (χ2v) is 7.64. The van der Waals surface area contributed by atoms with Crippen molar-refractivity contribution < 1.29 is 9.59 Å². The lowest BCUT2D eigenvalue weighted by atomic mass is 10.1. The highest BCUT2D eigenvalue weighted by Crippen LogP contribution is 2.23. The first-order valence-electron chi connectivity index (χ1n) is 9.29. The molecule has 0 unspecified atom stereocenters. The van der Waals surface area contributed by atoms with E-state index in [0.29, 0.717) is 11.6 Å². The largest absolute Gasteiger partial charge is 0.336 e. The van der Waals surface area contributed by atoms with E-state index in [1.807, 2.05) is 79.1 Å². The van der Waals surface area contributed by atoms with E-state index in [1.54, 1.807) is 0 Å². The van der Waals surface area contributed by atoms with Gasteiger partial charge in [0.15, 0.2) is 5.16 Å². The van der Waals surface area contributed by atoms with Gasteiger partial charge in [0.1, 0.15) is 5.82 Å². The Bertz CT molecular complexity index is 958. The molecule has 150 valence electrons. The van der Waals surface area contributed by atoms with Crippen molar-refractivity contribution in [3.05, 3.63) is 72.1 Å². The number of carbonyl (C=O) groups excluding carboxylic acids is 2. The molecular weight excluding hydrogens is 386 g/mol. The fourth-order valence-electron chi connectivity index (χ4n) is 2.71. The minimum Gasteiger partial charge on any atom is -0.336 e. The molecule has 29 heavy (non-hydrogen) atoms. The molecule has 0 bridgehead atoms. The smallest absolute Gasteiger partial charge is 0.321 e. The lowest BCUT2D eigenvalue weighted by molar-refractivity contribution is -0.117. The minimum absolute atomic E-state index is 0.0443. The number of nitrogens with zero attached hydrogens (tertiary/aromatic N) is 3. The third-order valence-electron chi connectivity index (χ3n) is 3.92. The third kappa shape index (κ3) is 5.92. The Morgan fingerprint density at radius 1 is 1.00 bits per heavy atom. The summed E-state index contributed by atoms with van der Waals surface area (Å²) in [5, 5.41) is 14.2. The monoisotopic (exact) mass is 409 g/mol. The predicted octanol–water partition coefficient (Wildman–Crippen LogP) is 3.18. The third-order valence-corrected chi connectivity index (χ3v) is 4.85. The number of benzene rings is 2. The molecule has 0 aliphatic carbocycles. The molecule has 0 saturated carbocycles. The molecule has 0 radical (unpaired) electrons. The van der Waals surface area contributed by atoms with E-state index < -0.39 is 6.03 Å². The van der Waals surface area contributed by atoms with Crippen molar-refractivity contribution in [1.82, 2.24) is 25.4 Å². The second kappa shape index (κ2) is 9.88.